The van der Waals surface area contributed by atoms with Gasteiger partial charge in [-0.1, -0.05) is 26.0 Å². The highest BCUT2D eigenvalue weighted by Gasteiger charge is 2.22. The summed E-state index contributed by atoms with van der Waals surface area (Å²) < 4.78 is 10.9. The van der Waals surface area contributed by atoms with E-state index in [1.807, 2.05) is 36.1 Å². The van der Waals surface area contributed by atoms with Gasteiger partial charge >= 0.3 is 0 Å². The Morgan fingerprint density at radius 2 is 2.00 bits per heavy atom. The number of methoxy groups -OCH3 is 1. The standard InChI is InChI=1S/C17H27NO3/c1-13(2)12-18(9-10-20-5)17(19)15(4)21-16-8-6-7-14(3)11-16/h6-8,11,13,15H,9-10,12H2,1-5H3. The quantitative estimate of drug-likeness (QED) is 0.740. The lowest BCUT2D eigenvalue weighted by molar-refractivity contribution is -0.139. The first-order valence-electron chi connectivity index (χ1n) is 7.45. The summed E-state index contributed by atoms with van der Waals surface area (Å²) in [5, 5.41) is 0. The average Bonchev–Trinajstić information content (AvgIpc) is 2.42. The van der Waals surface area contributed by atoms with E-state index in [0.29, 0.717) is 25.6 Å². The van der Waals surface area contributed by atoms with Crippen molar-refractivity contribution >= 4 is 5.91 Å². The number of hydrogen-bond donors (Lipinski definition) is 0. The molecule has 0 saturated carbocycles. The third-order valence-electron chi connectivity index (χ3n) is 3.11. The second-order valence-electron chi connectivity index (χ2n) is 5.75. The number of rotatable bonds is 8. The van der Waals surface area contributed by atoms with Crippen LogP contribution in [0, 0.1) is 12.8 Å². The molecule has 1 amide bonds. The second-order valence-corrected chi connectivity index (χ2v) is 5.75. The van der Waals surface area contributed by atoms with Gasteiger partial charge in [-0.25, -0.2) is 0 Å². The maximum atomic E-state index is 12.5. The lowest BCUT2D eigenvalue weighted by Crippen LogP contribution is -2.43. The Balaban J connectivity index is 2.68. The van der Waals surface area contributed by atoms with Gasteiger partial charge in [-0.2, -0.15) is 0 Å². The van der Waals surface area contributed by atoms with Gasteiger partial charge in [-0.15, -0.1) is 0 Å². The molecule has 0 heterocycles. The number of nitrogens with zero attached hydrogens (tertiary/aromatic N) is 1. The maximum Gasteiger partial charge on any atom is 0.263 e. The van der Waals surface area contributed by atoms with Crippen molar-refractivity contribution in [1.29, 1.82) is 0 Å². The number of amides is 1. The van der Waals surface area contributed by atoms with Gasteiger partial charge in [0.2, 0.25) is 0 Å². The lowest BCUT2D eigenvalue weighted by atomic mass is 10.2. The van der Waals surface area contributed by atoms with Gasteiger partial charge in [0.15, 0.2) is 6.10 Å². The lowest BCUT2D eigenvalue weighted by Gasteiger charge is -2.27. The van der Waals surface area contributed by atoms with Crippen LogP contribution in [0.5, 0.6) is 5.75 Å². The Hall–Kier alpha value is -1.55. The first-order chi connectivity index (χ1) is 9.93. The zero-order chi connectivity index (χ0) is 15.8. The van der Waals surface area contributed by atoms with E-state index in [2.05, 4.69) is 13.8 Å². The Labute approximate surface area is 128 Å². The van der Waals surface area contributed by atoms with Gasteiger partial charge in [0, 0.05) is 20.2 Å². The minimum absolute atomic E-state index is 0.00209. The molecule has 0 aromatic heterocycles. The maximum absolute atomic E-state index is 12.5. The highest BCUT2D eigenvalue weighted by atomic mass is 16.5. The first kappa shape index (κ1) is 17.5. The SMILES string of the molecule is COCCN(CC(C)C)C(=O)C(C)Oc1cccc(C)c1. The third kappa shape index (κ3) is 6.17. The van der Waals surface area contributed by atoms with E-state index >= 15 is 0 Å². The molecule has 1 rings (SSSR count). The smallest absolute Gasteiger partial charge is 0.263 e. The molecule has 1 aromatic rings. The van der Waals surface area contributed by atoms with E-state index in [0.717, 1.165) is 11.3 Å². The summed E-state index contributed by atoms with van der Waals surface area (Å²) in [4.78, 5) is 14.3. The van der Waals surface area contributed by atoms with Crippen molar-refractivity contribution in [1.82, 2.24) is 4.90 Å². The van der Waals surface area contributed by atoms with Crippen molar-refractivity contribution < 1.29 is 14.3 Å². The highest BCUT2D eigenvalue weighted by molar-refractivity contribution is 5.80. The summed E-state index contributed by atoms with van der Waals surface area (Å²) >= 11 is 0. The molecule has 1 aromatic carbocycles. The number of carbonyl (C=O) groups is 1. The summed E-state index contributed by atoms with van der Waals surface area (Å²) in [6, 6.07) is 7.74. The largest absolute Gasteiger partial charge is 0.481 e. The number of ether oxygens (including phenoxy) is 2. The number of aryl methyl sites for hydroxylation is 1. The zero-order valence-electron chi connectivity index (χ0n) is 13.8. The van der Waals surface area contributed by atoms with Crippen LogP contribution in [0.15, 0.2) is 24.3 Å². The van der Waals surface area contributed by atoms with Crippen molar-refractivity contribution in [3.05, 3.63) is 29.8 Å². The molecular weight excluding hydrogens is 266 g/mol. The van der Waals surface area contributed by atoms with Gasteiger partial charge in [0.1, 0.15) is 5.75 Å². The minimum atomic E-state index is -0.498. The van der Waals surface area contributed by atoms with Crippen LogP contribution in [0.25, 0.3) is 0 Å². The van der Waals surface area contributed by atoms with Crippen LogP contribution in [0.2, 0.25) is 0 Å². The highest BCUT2D eigenvalue weighted by Crippen LogP contribution is 2.15. The molecular formula is C17H27NO3. The third-order valence-corrected chi connectivity index (χ3v) is 3.11. The molecule has 0 aliphatic rings. The van der Waals surface area contributed by atoms with Crippen LogP contribution in [-0.2, 0) is 9.53 Å². The Bertz CT molecular complexity index is 445. The molecule has 0 N–H and O–H groups in total. The zero-order valence-corrected chi connectivity index (χ0v) is 13.8. The summed E-state index contributed by atoms with van der Waals surface area (Å²) in [6.07, 6.45) is -0.498. The number of carbonyl (C=O) groups excluding carboxylic acids is 1. The molecule has 118 valence electrons. The molecule has 4 heteroatoms. The van der Waals surface area contributed by atoms with E-state index in [1.165, 1.54) is 0 Å². The molecule has 0 saturated heterocycles. The van der Waals surface area contributed by atoms with Gasteiger partial charge in [0.25, 0.3) is 5.91 Å². The fourth-order valence-corrected chi connectivity index (χ4v) is 2.13. The van der Waals surface area contributed by atoms with E-state index in [4.69, 9.17) is 9.47 Å². The molecule has 0 fully saturated rings. The minimum Gasteiger partial charge on any atom is -0.481 e. The molecule has 0 aliphatic heterocycles. The molecule has 0 aliphatic carbocycles. The first-order valence-corrected chi connectivity index (χ1v) is 7.45. The van der Waals surface area contributed by atoms with E-state index in [9.17, 15) is 4.79 Å². The molecule has 4 nitrogen and oxygen atoms in total. The number of hydrogen-bond acceptors (Lipinski definition) is 3. The monoisotopic (exact) mass is 293 g/mol. The molecule has 0 radical (unpaired) electrons. The van der Waals surface area contributed by atoms with Crippen LogP contribution in [0.4, 0.5) is 0 Å². The molecule has 0 bridgehead atoms. The molecule has 1 atom stereocenters. The predicted molar refractivity (Wildman–Crippen MR) is 84.6 cm³/mol. The van der Waals surface area contributed by atoms with Gasteiger partial charge in [-0.05, 0) is 37.5 Å². The number of benzene rings is 1. The van der Waals surface area contributed by atoms with Gasteiger partial charge in [0.05, 0.1) is 6.61 Å². The summed E-state index contributed by atoms with van der Waals surface area (Å²) in [5.74, 6) is 1.14. The predicted octanol–water partition coefficient (Wildman–Crippen LogP) is 2.89. The van der Waals surface area contributed by atoms with Crippen molar-refractivity contribution in [3.63, 3.8) is 0 Å². The molecule has 1 unspecified atom stereocenters. The fraction of sp³-hybridized carbons (Fsp3) is 0.588. The fourth-order valence-electron chi connectivity index (χ4n) is 2.13. The van der Waals surface area contributed by atoms with Crippen molar-refractivity contribution in [2.75, 3.05) is 26.8 Å². The van der Waals surface area contributed by atoms with Crippen LogP contribution >= 0.6 is 0 Å². The summed E-state index contributed by atoms with van der Waals surface area (Å²) in [6.45, 7) is 9.83. The Morgan fingerprint density at radius 1 is 1.29 bits per heavy atom. The van der Waals surface area contributed by atoms with Crippen LogP contribution < -0.4 is 4.74 Å². The summed E-state index contributed by atoms with van der Waals surface area (Å²) in [7, 11) is 1.64. The van der Waals surface area contributed by atoms with Crippen molar-refractivity contribution in [3.8, 4) is 5.75 Å². The van der Waals surface area contributed by atoms with Gasteiger partial charge in [-0.3, -0.25) is 4.79 Å². The second kappa shape index (κ2) is 8.67. The van der Waals surface area contributed by atoms with Crippen molar-refractivity contribution in [2.24, 2.45) is 5.92 Å². The Morgan fingerprint density at radius 3 is 2.57 bits per heavy atom. The van der Waals surface area contributed by atoms with Crippen LogP contribution in [0.1, 0.15) is 26.3 Å². The van der Waals surface area contributed by atoms with Crippen LogP contribution in [0.3, 0.4) is 0 Å². The van der Waals surface area contributed by atoms with Crippen LogP contribution in [-0.4, -0.2) is 43.7 Å². The van der Waals surface area contributed by atoms with E-state index < -0.39 is 6.10 Å². The normalized spacial score (nSPS) is 12.3. The molecule has 21 heavy (non-hydrogen) atoms. The summed E-state index contributed by atoms with van der Waals surface area (Å²) in [5.41, 5.74) is 1.12. The van der Waals surface area contributed by atoms with Gasteiger partial charge < -0.3 is 14.4 Å². The van der Waals surface area contributed by atoms with E-state index in [1.54, 1.807) is 14.0 Å². The Kier molecular flexibility index (Phi) is 7.23. The van der Waals surface area contributed by atoms with E-state index in [-0.39, 0.29) is 5.91 Å². The average molecular weight is 293 g/mol. The molecule has 0 spiro atoms. The van der Waals surface area contributed by atoms with Crippen molar-refractivity contribution in [2.45, 2.75) is 33.8 Å². The topological polar surface area (TPSA) is 38.8 Å².